The lowest BCUT2D eigenvalue weighted by Gasteiger charge is -2.21. The van der Waals surface area contributed by atoms with Crippen molar-refractivity contribution >= 4 is 34.6 Å². The highest BCUT2D eigenvalue weighted by molar-refractivity contribution is 6.35. The van der Waals surface area contributed by atoms with Crippen LogP contribution in [0.5, 0.6) is 5.75 Å². The molecule has 0 aliphatic carbocycles. The minimum Gasteiger partial charge on any atom is -0.490 e. The Kier molecular flexibility index (Phi) is 6.87. The van der Waals surface area contributed by atoms with Gasteiger partial charge in [-0.3, -0.25) is 0 Å². The predicted octanol–water partition coefficient (Wildman–Crippen LogP) is 5.33. The number of halogens is 2. The predicted molar refractivity (Wildman–Crippen MR) is 100 cm³/mol. The highest BCUT2D eigenvalue weighted by Crippen LogP contribution is 2.27. The molecule has 3 nitrogen and oxygen atoms in total. The Morgan fingerprint density at radius 1 is 1.00 bits per heavy atom. The van der Waals surface area contributed by atoms with Crippen molar-refractivity contribution in [3.8, 4) is 5.75 Å². The van der Waals surface area contributed by atoms with Crippen LogP contribution >= 0.6 is 23.2 Å². The molecule has 2 aromatic carbocycles. The first-order chi connectivity index (χ1) is 11.1. The van der Waals surface area contributed by atoms with Gasteiger partial charge in [0.15, 0.2) is 0 Å². The summed E-state index contributed by atoms with van der Waals surface area (Å²) in [7, 11) is 0. The lowest BCUT2D eigenvalue weighted by Crippen LogP contribution is -2.21. The molecule has 0 fully saturated rings. The Hall–Kier alpha value is -1.58. The van der Waals surface area contributed by atoms with E-state index < -0.39 is 0 Å². The molecular weight excluding hydrogens is 331 g/mol. The second-order valence-corrected chi connectivity index (χ2v) is 5.91. The van der Waals surface area contributed by atoms with E-state index in [-0.39, 0.29) is 0 Å². The zero-order valence-corrected chi connectivity index (χ0v) is 15.0. The number of nitrogens with zero attached hydrogens (tertiary/aromatic N) is 1. The zero-order valence-electron chi connectivity index (χ0n) is 13.5. The Balaban J connectivity index is 1.80. The Morgan fingerprint density at radius 2 is 1.70 bits per heavy atom. The van der Waals surface area contributed by atoms with Gasteiger partial charge in [-0.25, -0.2) is 0 Å². The summed E-state index contributed by atoms with van der Waals surface area (Å²) < 4.78 is 5.65. The molecule has 5 heteroatoms. The Labute approximate surface area is 148 Å². The monoisotopic (exact) mass is 352 g/mol. The highest BCUT2D eigenvalue weighted by atomic mass is 35.5. The van der Waals surface area contributed by atoms with Crippen molar-refractivity contribution in [2.75, 3.05) is 36.5 Å². The maximum absolute atomic E-state index is 6.07. The summed E-state index contributed by atoms with van der Waals surface area (Å²) in [6.45, 7) is 7.57. The standard InChI is InChI=1S/C18H22Cl2N2O/c1-3-22(4-2)16-8-6-15(7-9-16)21-11-12-23-18-10-5-14(19)13-17(18)20/h5-10,13,21H,3-4,11-12H2,1-2H3. The van der Waals surface area contributed by atoms with Crippen LogP contribution in [0.3, 0.4) is 0 Å². The van der Waals surface area contributed by atoms with E-state index in [2.05, 4.69) is 48.3 Å². The second-order valence-electron chi connectivity index (χ2n) is 5.07. The number of rotatable bonds is 8. The summed E-state index contributed by atoms with van der Waals surface area (Å²) in [4.78, 5) is 2.31. The van der Waals surface area contributed by atoms with Crippen molar-refractivity contribution in [2.45, 2.75) is 13.8 Å². The van der Waals surface area contributed by atoms with Crippen LogP contribution in [0.15, 0.2) is 42.5 Å². The van der Waals surface area contributed by atoms with Crippen LogP contribution in [0.2, 0.25) is 10.0 Å². The van der Waals surface area contributed by atoms with Crippen molar-refractivity contribution in [3.05, 3.63) is 52.5 Å². The van der Waals surface area contributed by atoms with Crippen LogP contribution in [0.4, 0.5) is 11.4 Å². The SMILES string of the molecule is CCN(CC)c1ccc(NCCOc2ccc(Cl)cc2Cl)cc1. The van der Waals surface area contributed by atoms with Crippen molar-refractivity contribution in [1.29, 1.82) is 0 Å². The molecule has 23 heavy (non-hydrogen) atoms. The average molecular weight is 353 g/mol. The molecule has 124 valence electrons. The van der Waals surface area contributed by atoms with Crippen molar-refractivity contribution < 1.29 is 4.74 Å². The van der Waals surface area contributed by atoms with Crippen LogP contribution in [-0.4, -0.2) is 26.2 Å². The van der Waals surface area contributed by atoms with Crippen LogP contribution in [0, 0.1) is 0 Å². The number of benzene rings is 2. The molecule has 2 aromatic rings. The van der Waals surface area contributed by atoms with Gasteiger partial charge in [0.25, 0.3) is 0 Å². The van der Waals surface area contributed by atoms with Crippen molar-refractivity contribution in [2.24, 2.45) is 0 Å². The van der Waals surface area contributed by atoms with Gasteiger partial charge in [-0.2, -0.15) is 0 Å². The van der Waals surface area contributed by atoms with Gasteiger partial charge in [0.05, 0.1) is 5.02 Å². The highest BCUT2D eigenvalue weighted by Gasteiger charge is 2.03. The Morgan fingerprint density at radius 3 is 2.30 bits per heavy atom. The van der Waals surface area contributed by atoms with E-state index in [0.717, 1.165) is 18.8 Å². The lowest BCUT2D eigenvalue weighted by atomic mass is 10.2. The topological polar surface area (TPSA) is 24.5 Å². The van der Waals surface area contributed by atoms with E-state index in [1.54, 1.807) is 18.2 Å². The average Bonchev–Trinajstić information content (AvgIpc) is 2.55. The molecule has 0 aliphatic heterocycles. The summed E-state index contributed by atoms with van der Waals surface area (Å²) >= 11 is 11.9. The molecule has 0 radical (unpaired) electrons. The van der Waals surface area contributed by atoms with E-state index in [1.807, 2.05) is 0 Å². The summed E-state index contributed by atoms with van der Waals surface area (Å²) in [5.74, 6) is 0.648. The minimum atomic E-state index is 0.527. The maximum atomic E-state index is 6.07. The summed E-state index contributed by atoms with van der Waals surface area (Å²) in [5, 5.41) is 4.47. The van der Waals surface area contributed by atoms with Crippen molar-refractivity contribution in [3.63, 3.8) is 0 Å². The van der Waals surface area contributed by atoms with Gasteiger partial charge in [0.2, 0.25) is 0 Å². The lowest BCUT2D eigenvalue weighted by molar-refractivity contribution is 0.333. The van der Waals surface area contributed by atoms with E-state index in [4.69, 9.17) is 27.9 Å². The van der Waals surface area contributed by atoms with Gasteiger partial charge in [0, 0.05) is 36.0 Å². The molecule has 0 saturated carbocycles. The third-order valence-corrected chi connectivity index (χ3v) is 4.11. The first-order valence-corrected chi connectivity index (χ1v) is 8.56. The van der Waals surface area contributed by atoms with Gasteiger partial charge in [-0.1, -0.05) is 23.2 Å². The molecule has 0 aromatic heterocycles. The molecule has 0 atom stereocenters. The molecule has 0 spiro atoms. The van der Waals surface area contributed by atoms with Gasteiger partial charge >= 0.3 is 0 Å². The largest absolute Gasteiger partial charge is 0.490 e. The Bertz CT molecular complexity index is 613. The van der Waals surface area contributed by atoms with Gasteiger partial charge in [-0.15, -0.1) is 0 Å². The van der Waals surface area contributed by atoms with Crippen LogP contribution < -0.4 is 15.0 Å². The van der Waals surface area contributed by atoms with Crippen LogP contribution in [0.1, 0.15) is 13.8 Å². The smallest absolute Gasteiger partial charge is 0.138 e. The summed E-state index contributed by atoms with van der Waals surface area (Å²) in [6.07, 6.45) is 0. The van der Waals surface area contributed by atoms with E-state index >= 15 is 0 Å². The maximum Gasteiger partial charge on any atom is 0.138 e. The van der Waals surface area contributed by atoms with Crippen LogP contribution in [-0.2, 0) is 0 Å². The van der Waals surface area contributed by atoms with Crippen molar-refractivity contribution in [1.82, 2.24) is 0 Å². The number of anilines is 2. The first kappa shape index (κ1) is 17.8. The third kappa shape index (κ3) is 5.22. The molecule has 0 amide bonds. The van der Waals surface area contributed by atoms with Gasteiger partial charge in [0.1, 0.15) is 12.4 Å². The fourth-order valence-corrected chi connectivity index (χ4v) is 2.79. The fourth-order valence-electron chi connectivity index (χ4n) is 2.33. The van der Waals surface area contributed by atoms with E-state index in [1.165, 1.54) is 5.69 Å². The van der Waals surface area contributed by atoms with E-state index in [0.29, 0.717) is 28.9 Å². The third-order valence-electron chi connectivity index (χ3n) is 3.58. The van der Waals surface area contributed by atoms with Gasteiger partial charge < -0.3 is 15.0 Å². The number of hydrogen-bond acceptors (Lipinski definition) is 3. The molecule has 1 N–H and O–H groups in total. The van der Waals surface area contributed by atoms with Gasteiger partial charge in [-0.05, 0) is 56.3 Å². The molecule has 2 rings (SSSR count). The summed E-state index contributed by atoms with van der Waals surface area (Å²) in [5.41, 5.74) is 2.32. The number of ether oxygens (including phenoxy) is 1. The second kappa shape index (κ2) is 8.90. The van der Waals surface area contributed by atoms with E-state index in [9.17, 15) is 0 Å². The molecule has 0 bridgehead atoms. The molecule has 0 unspecified atom stereocenters. The number of nitrogens with one attached hydrogen (secondary N) is 1. The zero-order chi connectivity index (χ0) is 16.7. The molecule has 0 heterocycles. The fraction of sp³-hybridized carbons (Fsp3) is 0.333. The number of hydrogen-bond donors (Lipinski definition) is 1. The first-order valence-electron chi connectivity index (χ1n) is 7.80. The van der Waals surface area contributed by atoms with Crippen LogP contribution in [0.25, 0.3) is 0 Å². The minimum absolute atomic E-state index is 0.527. The molecule has 0 saturated heterocycles. The quantitative estimate of drug-likeness (QED) is 0.649. The summed E-state index contributed by atoms with van der Waals surface area (Å²) in [6, 6.07) is 13.7. The normalized spacial score (nSPS) is 10.4. The molecular formula is C18H22Cl2N2O. The molecule has 0 aliphatic rings.